The molecule has 0 radical (unpaired) electrons. The first-order chi connectivity index (χ1) is 7.52. The van der Waals surface area contributed by atoms with Crippen LogP contribution < -0.4 is 10.7 Å². The largest absolute Gasteiger partial charge is 0.367 e. The van der Waals surface area contributed by atoms with Gasteiger partial charge in [-0.3, -0.25) is 14.4 Å². The molecule has 0 spiro atoms. The Morgan fingerprint density at radius 3 is 2.69 bits per heavy atom. The van der Waals surface area contributed by atoms with Gasteiger partial charge in [-0.05, 0) is 0 Å². The number of hydrogen-bond donors (Lipinski definition) is 2. The van der Waals surface area contributed by atoms with Crippen LogP contribution in [0.4, 0.5) is 0 Å². The highest BCUT2D eigenvalue weighted by molar-refractivity contribution is 5.95. The normalized spacial score (nSPS) is 9.62. The molecule has 0 aliphatic carbocycles. The smallest absolute Gasteiger partial charge is 0.257 e. The standard InChI is InChI=1S/C10H13N3O3/c1-13(2)9(15)6-12-10(16)7-5-11-4-3-8(7)14/h3-5H,6H2,1-2H3,(H,11,14)(H,12,16). The van der Waals surface area contributed by atoms with E-state index < -0.39 is 5.91 Å². The summed E-state index contributed by atoms with van der Waals surface area (Å²) in [5, 5.41) is 2.37. The van der Waals surface area contributed by atoms with Crippen molar-refractivity contribution < 1.29 is 9.59 Å². The van der Waals surface area contributed by atoms with Gasteiger partial charge >= 0.3 is 0 Å². The molecule has 0 bridgehead atoms. The molecule has 1 aromatic heterocycles. The minimum absolute atomic E-state index is 0.00550. The third kappa shape index (κ3) is 2.94. The fraction of sp³-hybridized carbons (Fsp3) is 0.300. The number of aromatic nitrogens is 1. The second-order valence-electron chi connectivity index (χ2n) is 3.39. The van der Waals surface area contributed by atoms with Gasteiger partial charge in [0.2, 0.25) is 5.91 Å². The van der Waals surface area contributed by atoms with Crippen molar-refractivity contribution >= 4 is 11.8 Å². The Morgan fingerprint density at radius 1 is 1.44 bits per heavy atom. The predicted octanol–water partition coefficient (Wildman–Crippen LogP) is -0.807. The van der Waals surface area contributed by atoms with Crippen molar-refractivity contribution in [3.63, 3.8) is 0 Å². The lowest BCUT2D eigenvalue weighted by molar-refractivity contribution is -0.127. The van der Waals surface area contributed by atoms with Crippen molar-refractivity contribution in [2.45, 2.75) is 0 Å². The maximum absolute atomic E-state index is 11.5. The van der Waals surface area contributed by atoms with Crippen LogP contribution in [0.15, 0.2) is 23.3 Å². The molecule has 2 N–H and O–H groups in total. The first-order valence-electron chi connectivity index (χ1n) is 4.68. The Bertz CT molecular complexity index is 451. The average molecular weight is 223 g/mol. The van der Waals surface area contributed by atoms with Gasteiger partial charge in [0.25, 0.3) is 5.91 Å². The van der Waals surface area contributed by atoms with Crippen LogP contribution in [0.1, 0.15) is 10.4 Å². The number of carbonyl (C=O) groups excluding carboxylic acids is 2. The number of nitrogens with one attached hydrogen (secondary N) is 2. The van der Waals surface area contributed by atoms with Crippen LogP contribution >= 0.6 is 0 Å². The number of pyridine rings is 1. The highest BCUT2D eigenvalue weighted by Crippen LogP contribution is 1.87. The van der Waals surface area contributed by atoms with Crippen LogP contribution in [0.5, 0.6) is 0 Å². The highest BCUT2D eigenvalue weighted by Gasteiger charge is 2.11. The Kier molecular flexibility index (Phi) is 3.82. The van der Waals surface area contributed by atoms with Crippen LogP contribution in [-0.4, -0.2) is 42.3 Å². The lowest BCUT2D eigenvalue weighted by Crippen LogP contribution is -2.37. The summed E-state index contributed by atoms with van der Waals surface area (Å²) in [6.45, 7) is -0.125. The van der Waals surface area contributed by atoms with Gasteiger partial charge in [0.15, 0.2) is 5.43 Å². The van der Waals surface area contributed by atoms with Gasteiger partial charge in [-0.15, -0.1) is 0 Å². The molecule has 0 atom stereocenters. The lowest BCUT2D eigenvalue weighted by Gasteiger charge is -2.10. The van der Waals surface area contributed by atoms with Crippen LogP contribution in [-0.2, 0) is 4.79 Å². The minimum Gasteiger partial charge on any atom is -0.367 e. The molecule has 0 aliphatic rings. The third-order valence-electron chi connectivity index (χ3n) is 1.97. The molecule has 1 rings (SSSR count). The fourth-order valence-corrected chi connectivity index (χ4v) is 1.00. The molecular weight excluding hydrogens is 210 g/mol. The van der Waals surface area contributed by atoms with E-state index in [0.29, 0.717) is 0 Å². The summed E-state index contributed by atoms with van der Waals surface area (Å²) >= 11 is 0. The van der Waals surface area contributed by atoms with Gasteiger partial charge in [0, 0.05) is 32.6 Å². The van der Waals surface area contributed by atoms with Gasteiger partial charge < -0.3 is 15.2 Å². The molecule has 6 nitrogen and oxygen atoms in total. The van der Waals surface area contributed by atoms with Crippen molar-refractivity contribution in [1.82, 2.24) is 15.2 Å². The Labute approximate surface area is 92.3 Å². The first kappa shape index (κ1) is 12.0. The lowest BCUT2D eigenvalue weighted by atomic mass is 10.2. The Balaban J connectivity index is 2.64. The van der Waals surface area contributed by atoms with Crippen LogP contribution in [0, 0.1) is 0 Å². The molecule has 0 saturated carbocycles. The Morgan fingerprint density at radius 2 is 2.12 bits per heavy atom. The maximum Gasteiger partial charge on any atom is 0.257 e. The van der Waals surface area contributed by atoms with Crippen molar-refractivity contribution in [2.24, 2.45) is 0 Å². The second kappa shape index (κ2) is 5.11. The van der Waals surface area contributed by atoms with E-state index in [2.05, 4.69) is 10.3 Å². The SMILES string of the molecule is CN(C)C(=O)CNC(=O)c1c[nH]ccc1=O. The number of likely N-dealkylation sites (N-methyl/N-ethyl adjacent to an activating group) is 1. The summed E-state index contributed by atoms with van der Waals surface area (Å²) in [4.78, 5) is 37.9. The first-order valence-corrected chi connectivity index (χ1v) is 4.68. The number of amides is 2. The van der Waals surface area contributed by atoms with E-state index >= 15 is 0 Å². The van der Waals surface area contributed by atoms with E-state index in [1.165, 1.54) is 23.4 Å². The van der Waals surface area contributed by atoms with Gasteiger partial charge in [0.05, 0.1) is 6.54 Å². The van der Waals surface area contributed by atoms with Crippen molar-refractivity contribution in [2.75, 3.05) is 20.6 Å². The molecule has 0 aliphatic heterocycles. The molecule has 86 valence electrons. The number of nitrogens with zero attached hydrogens (tertiary/aromatic N) is 1. The highest BCUT2D eigenvalue weighted by atomic mass is 16.2. The number of hydrogen-bond acceptors (Lipinski definition) is 3. The van der Waals surface area contributed by atoms with E-state index in [1.54, 1.807) is 14.1 Å². The number of aromatic amines is 1. The zero-order valence-electron chi connectivity index (χ0n) is 9.11. The molecule has 0 aromatic carbocycles. The minimum atomic E-state index is -0.558. The monoisotopic (exact) mass is 223 g/mol. The summed E-state index contributed by atoms with van der Waals surface area (Å²) in [6.07, 6.45) is 2.74. The molecule has 0 unspecified atom stereocenters. The van der Waals surface area contributed by atoms with E-state index in [0.717, 1.165) is 0 Å². The van der Waals surface area contributed by atoms with Crippen molar-refractivity contribution in [3.8, 4) is 0 Å². The summed E-state index contributed by atoms with van der Waals surface area (Å²) in [6, 6.07) is 1.25. The van der Waals surface area contributed by atoms with Crippen LogP contribution in [0.3, 0.4) is 0 Å². The predicted molar refractivity (Wildman–Crippen MR) is 58.1 cm³/mol. The van der Waals surface area contributed by atoms with E-state index in [4.69, 9.17) is 0 Å². The maximum atomic E-state index is 11.5. The molecule has 2 amide bonds. The van der Waals surface area contributed by atoms with Crippen molar-refractivity contribution in [1.29, 1.82) is 0 Å². The third-order valence-corrected chi connectivity index (χ3v) is 1.97. The summed E-state index contributed by atoms with van der Waals surface area (Å²) in [7, 11) is 3.17. The van der Waals surface area contributed by atoms with Gasteiger partial charge in [-0.25, -0.2) is 0 Å². The van der Waals surface area contributed by atoms with Gasteiger partial charge in [0.1, 0.15) is 5.56 Å². The van der Waals surface area contributed by atoms with Crippen LogP contribution in [0.25, 0.3) is 0 Å². The zero-order valence-corrected chi connectivity index (χ0v) is 9.11. The molecule has 1 heterocycles. The summed E-state index contributed by atoms with van der Waals surface area (Å²) in [5.41, 5.74) is -0.386. The van der Waals surface area contributed by atoms with E-state index in [-0.39, 0.29) is 23.4 Å². The van der Waals surface area contributed by atoms with E-state index in [1.807, 2.05) is 0 Å². The molecule has 0 saturated heterocycles. The Hall–Kier alpha value is -2.11. The quantitative estimate of drug-likeness (QED) is 0.703. The van der Waals surface area contributed by atoms with Gasteiger partial charge in [-0.1, -0.05) is 0 Å². The fourth-order valence-electron chi connectivity index (χ4n) is 1.00. The van der Waals surface area contributed by atoms with E-state index in [9.17, 15) is 14.4 Å². The molecule has 0 fully saturated rings. The van der Waals surface area contributed by atoms with Crippen molar-refractivity contribution in [3.05, 3.63) is 34.2 Å². The number of H-pyrrole nitrogens is 1. The number of rotatable bonds is 3. The average Bonchev–Trinajstić information content (AvgIpc) is 2.25. The summed E-state index contributed by atoms with van der Waals surface area (Å²) in [5.74, 6) is -0.794. The molecule has 16 heavy (non-hydrogen) atoms. The number of carbonyl (C=O) groups is 2. The second-order valence-corrected chi connectivity index (χ2v) is 3.39. The van der Waals surface area contributed by atoms with Gasteiger partial charge in [-0.2, -0.15) is 0 Å². The molecule has 6 heteroatoms. The van der Waals surface area contributed by atoms with Crippen LogP contribution in [0.2, 0.25) is 0 Å². The molecular formula is C10H13N3O3. The topological polar surface area (TPSA) is 82.3 Å². The zero-order chi connectivity index (χ0) is 12.1. The summed E-state index contributed by atoms with van der Waals surface area (Å²) < 4.78 is 0. The molecule has 1 aromatic rings.